The van der Waals surface area contributed by atoms with Crippen molar-refractivity contribution in [2.24, 2.45) is 0 Å². The third-order valence-corrected chi connectivity index (χ3v) is 3.86. The second-order valence-electron chi connectivity index (χ2n) is 5.79. The molecule has 2 aromatic carbocycles. The zero-order chi connectivity index (χ0) is 14.7. The van der Waals surface area contributed by atoms with Crippen molar-refractivity contribution in [3.8, 4) is 0 Å². The van der Waals surface area contributed by atoms with E-state index in [4.69, 9.17) is 10.5 Å². The molecule has 1 aliphatic rings. The van der Waals surface area contributed by atoms with Crippen molar-refractivity contribution in [3.63, 3.8) is 0 Å². The van der Waals surface area contributed by atoms with Gasteiger partial charge in [-0.1, -0.05) is 42.5 Å². The van der Waals surface area contributed by atoms with E-state index in [1.165, 1.54) is 11.1 Å². The van der Waals surface area contributed by atoms with Crippen LogP contribution >= 0.6 is 0 Å². The van der Waals surface area contributed by atoms with Crippen LogP contribution < -0.4 is 5.73 Å². The summed E-state index contributed by atoms with van der Waals surface area (Å²) in [6.07, 6.45) is 0.390. The van der Waals surface area contributed by atoms with Crippen LogP contribution in [0.4, 0.5) is 5.69 Å². The molecule has 2 N–H and O–H groups in total. The number of hydrogen-bond acceptors (Lipinski definition) is 3. The zero-order valence-electron chi connectivity index (χ0n) is 12.4. The van der Waals surface area contributed by atoms with Crippen LogP contribution in [0.5, 0.6) is 0 Å². The van der Waals surface area contributed by atoms with E-state index in [2.05, 4.69) is 48.2 Å². The van der Waals surface area contributed by atoms with Gasteiger partial charge in [-0.3, -0.25) is 4.90 Å². The molecule has 3 heteroatoms. The minimum Gasteiger partial charge on any atom is -0.399 e. The summed E-state index contributed by atoms with van der Waals surface area (Å²) in [7, 11) is 0. The van der Waals surface area contributed by atoms with Crippen LogP contribution in [-0.4, -0.2) is 24.1 Å². The number of nitrogens with two attached hydrogens (primary N) is 1. The number of benzene rings is 2. The highest BCUT2D eigenvalue weighted by atomic mass is 16.5. The SMILES string of the molecule is CC1CN(Cc2cccc(N)c2)CC(c2ccccc2)O1. The maximum Gasteiger partial charge on any atom is 0.0956 e. The highest BCUT2D eigenvalue weighted by Gasteiger charge is 2.26. The molecule has 2 atom stereocenters. The Kier molecular flexibility index (Phi) is 4.23. The Morgan fingerprint density at radius 3 is 2.67 bits per heavy atom. The molecule has 2 aromatic rings. The highest BCUT2D eigenvalue weighted by Crippen LogP contribution is 2.26. The van der Waals surface area contributed by atoms with Gasteiger partial charge < -0.3 is 10.5 Å². The number of nitrogen functional groups attached to an aromatic ring is 1. The van der Waals surface area contributed by atoms with E-state index in [9.17, 15) is 0 Å². The third kappa shape index (κ3) is 3.63. The summed E-state index contributed by atoms with van der Waals surface area (Å²) in [6, 6.07) is 18.6. The molecule has 1 saturated heterocycles. The molecular weight excluding hydrogens is 260 g/mol. The summed E-state index contributed by atoms with van der Waals surface area (Å²) in [5.74, 6) is 0. The van der Waals surface area contributed by atoms with Crippen LogP contribution in [-0.2, 0) is 11.3 Å². The van der Waals surface area contributed by atoms with E-state index < -0.39 is 0 Å². The van der Waals surface area contributed by atoms with Gasteiger partial charge in [0.25, 0.3) is 0 Å². The van der Waals surface area contributed by atoms with E-state index >= 15 is 0 Å². The lowest BCUT2D eigenvalue weighted by atomic mass is 10.1. The molecular formula is C18H22N2O. The van der Waals surface area contributed by atoms with Gasteiger partial charge in [-0.25, -0.2) is 0 Å². The van der Waals surface area contributed by atoms with Crippen molar-refractivity contribution in [3.05, 3.63) is 65.7 Å². The maximum absolute atomic E-state index is 6.10. The van der Waals surface area contributed by atoms with Crippen LogP contribution in [0.2, 0.25) is 0 Å². The van der Waals surface area contributed by atoms with Crippen molar-refractivity contribution in [1.29, 1.82) is 0 Å². The van der Waals surface area contributed by atoms with Crippen LogP contribution in [0.1, 0.15) is 24.2 Å². The number of nitrogens with zero attached hydrogens (tertiary/aromatic N) is 1. The Morgan fingerprint density at radius 1 is 1.10 bits per heavy atom. The summed E-state index contributed by atoms with van der Waals surface area (Å²) in [5.41, 5.74) is 9.21. The lowest BCUT2D eigenvalue weighted by molar-refractivity contribution is -0.0814. The molecule has 0 aromatic heterocycles. The molecule has 1 heterocycles. The zero-order valence-corrected chi connectivity index (χ0v) is 12.4. The van der Waals surface area contributed by atoms with Gasteiger partial charge >= 0.3 is 0 Å². The molecule has 3 nitrogen and oxygen atoms in total. The van der Waals surface area contributed by atoms with Gasteiger partial charge in [0, 0.05) is 25.3 Å². The van der Waals surface area contributed by atoms with Crippen molar-refractivity contribution in [1.82, 2.24) is 4.90 Å². The van der Waals surface area contributed by atoms with Crippen molar-refractivity contribution >= 4 is 5.69 Å². The van der Waals surface area contributed by atoms with Crippen LogP contribution in [0.15, 0.2) is 54.6 Å². The average Bonchev–Trinajstić information content (AvgIpc) is 2.47. The lowest BCUT2D eigenvalue weighted by Gasteiger charge is -2.37. The summed E-state index contributed by atoms with van der Waals surface area (Å²) in [5, 5.41) is 0. The number of morpholine rings is 1. The van der Waals surface area contributed by atoms with Gasteiger partial charge in [-0.2, -0.15) is 0 Å². The molecule has 0 aliphatic carbocycles. The van der Waals surface area contributed by atoms with Gasteiger partial charge in [-0.05, 0) is 30.2 Å². The van der Waals surface area contributed by atoms with Gasteiger partial charge in [0.1, 0.15) is 0 Å². The lowest BCUT2D eigenvalue weighted by Crippen LogP contribution is -2.42. The number of rotatable bonds is 3. The molecule has 2 unspecified atom stereocenters. The predicted molar refractivity (Wildman–Crippen MR) is 85.9 cm³/mol. The average molecular weight is 282 g/mol. The van der Waals surface area contributed by atoms with Crippen LogP contribution in [0.3, 0.4) is 0 Å². The summed E-state index contributed by atoms with van der Waals surface area (Å²) in [6.45, 7) is 4.94. The molecule has 0 radical (unpaired) electrons. The summed E-state index contributed by atoms with van der Waals surface area (Å²) in [4.78, 5) is 2.45. The number of ether oxygens (including phenoxy) is 1. The summed E-state index contributed by atoms with van der Waals surface area (Å²) < 4.78 is 6.10. The van der Waals surface area contributed by atoms with Crippen LogP contribution in [0, 0.1) is 0 Å². The predicted octanol–water partition coefficient (Wildman–Crippen LogP) is 3.23. The molecule has 0 bridgehead atoms. The molecule has 0 amide bonds. The molecule has 1 aliphatic heterocycles. The minimum atomic E-state index is 0.149. The first-order valence-electron chi connectivity index (χ1n) is 7.48. The Labute approximate surface area is 126 Å². The van der Waals surface area contributed by atoms with E-state index in [0.29, 0.717) is 0 Å². The second-order valence-corrected chi connectivity index (χ2v) is 5.79. The first kappa shape index (κ1) is 14.1. The monoisotopic (exact) mass is 282 g/mol. The van der Waals surface area contributed by atoms with Gasteiger partial charge in [-0.15, -0.1) is 0 Å². The standard InChI is InChI=1S/C18H22N2O/c1-14-11-20(12-15-6-5-9-17(19)10-15)13-18(21-14)16-7-3-2-4-8-16/h2-10,14,18H,11-13,19H2,1H3. The fourth-order valence-corrected chi connectivity index (χ4v) is 2.97. The Morgan fingerprint density at radius 2 is 1.90 bits per heavy atom. The fourth-order valence-electron chi connectivity index (χ4n) is 2.97. The number of anilines is 1. The van der Waals surface area contributed by atoms with Crippen molar-refractivity contribution in [2.45, 2.75) is 25.7 Å². The fraction of sp³-hybridized carbons (Fsp3) is 0.333. The van der Waals surface area contributed by atoms with Gasteiger partial charge in [0.2, 0.25) is 0 Å². The molecule has 0 spiro atoms. The first-order chi connectivity index (χ1) is 10.2. The normalized spacial score (nSPS) is 23.1. The third-order valence-electron chi connectivity index (χ3n) is 3.86. The molecule has 1 fully saturated rings. The Bertz CT molecular complexity index is 585. The van der Waals surface area contributed by atoms with E-state index in [1.54, 1.807) is 0 Å². The summed E-state index contributed by atoms with van der Waals surface area (Å²) >= 11 is 0. The second kappa shape index (κ2) is 6.29. The van der Waals surface area contributed by atoms with Crippen molar-refractivity contribution < 1.29 is 4.74 Å². The smallest absolute Gasteiger partial charge is 0.0956 e. The van der Waals surface area contributed by atoms with E-state index in [0.717, 1.165) is 25.3 Å². The van der Waals surface area contributed by atoms with Gasteiger partial charge in [0.05, 0.1) is 12.2 Å². The molecule has 110 valence electrons. The molecule has 3 rings (SSSR count). The van der Waals surface area contributed by atoms with Crippen molar-refractivity contribution in [2.75, 3.05) is 18.8 Å². The molecule has 21 heavy (non-hydrogen) atoms. The Hall–Kier alpha value is -1.84. The molecule has 0 saturated carbocycles. The maximum atomic E-state index is 6.10. The first-order valence-corrected chi connectivity index (χ1v) is 7.48. The Balaban J connectivity index is 1.71. The topological polar surface area (TPSA) is 38.5 Å². The van der Waals surface area contributed by atoms with Gasteiger partial charge in [0.15, 0.2) is 0 Å². The highest BCUT2D eigenvalue weighted by molar-refractivity contribution is 5.40. The minimum absolute atomic E-state index is 0.149. The quantitative estimate of drug-likeness (QED) is 0.878. The largest absolute Gasteiger partial charge is 0.399 e. The number of hydrogen-bond donors (Lipinski definition) is 1. The van der Waals surface area contributed by atoms with Crippen LogP contribution in [0.25, 0.3) is 0 Å². The van der Waals surface area contributed by atoms with E-state index in [1.807, 2.05) is 18.2 Å². The van der Waals surface area contributed by atoms with E-state index in [-0.39, 0.29) is 12.2 Å².